The Bertz CT molecular complexity index is 147. The van der Waals surface area contributed by atoms with E-state index in [0.717, 1.165) is 13.1 Å². The molecule has 0 atom stereocenters. The van der Waals surface area contributed by atoms with Gasteiger partial charge in [-0.05, 0) is 32.5 Å². The summed E-state index contributed by atoms with van der Waals surface area (Å²) in [6, 6.07) is 0. The highest BCUT2D eigenvalue weighted by Gasteiger charge is 2.12. The number of ketones is 1. The molecule has 0 aromatic carbocycles. The van der Waals surface area contributed by atoms with Gasteiger partial charge < -0.3 is 5.73 Å². The molecule has 2 N–H and O–H groups in total. The van der Waals surface area contributed by atoms with E-state index in [1.807, 2.05) is 0 Å². The maximum absolute atomic E-state index is 11.2. The molecule has 0 amide bonds. The Balaban J connectivity index is 0.00000144. The average molecular weight is 207 g/mol. The minimum Gasteiger partial charge on any atom is -0.330 e. The third-order valence-corrected chi connectivity index (χ3v) is 2.27. The van der Waals surface area contributed by atoms with Crippen LogP contribution in [0, 0.1) is 0 Å². The topological polar surface area (TPSA) is 46.3 Å². The van der Waals surface area contributed by atoms with E-state index in [-0.39, 0.29) is 12.4 Å². The van der Waals surface area contributed by atoms with E-state index in [4.69, 9.17) is 5.73 Å². The summed E-state index contributed by atoms with van der Waals surface area (Å²) in [4.78, 5) is 13.4. The number of carbonyl (C=O) groups excluding carboxylic acids is 1. The van der Waals surface area contributed by atoms with Gasteiger partial charge >= 0.3 is 0 Å². The minimum atomic E-state index is 0. The van der Waals surface area contributed by atoms with Gasteiger partial charge in [0.15, 0.2) is 0 Å². The second kappa shape index (κ2) is 7.30. The third kappa shape index (κ3) is 5.24. The summed E-state index contributed by atoms with van der Waals surface area (Å²) in [6.45, 7) is 3.30. The molecule has 0 unspecified atom stereocenters. The van der Waals surface area contributed by atoms with Gasteiger partial charge in [0.1, 0.15) is 5.78 Å². The van der Waals surface area contributed by atoms with Crippen LogP contribution in [0.25, 0.3) is 0 Å². The summed E-state index contributed by atoms with van der Waals surface area (Å²) in [7, 11) is 0. The molecule has 0 saturated carbocycles. The molecule has 0 aliphatic carbocycles. The van der Waals surface area contributed by atoms with Crippen molar-refractivity contribution in [2.75, 3.05) is 26.2 Å². The normalized spacial score (nSPS) is 17.9. The van der Waals surface area contributed by atoms with Crippen LogP contribution < -0.4 is 5.73 Å². The largest absolute Gasteiger partial charge is 0.330 e. The quantitative estimate of drug-likeness (QED) is 0.741. The number of nitrogens with zero attached hydrogens (tertiary/aromatic N) is 1. The molecular weight excluding hydrogens is 188 g/mol. The number of carbonyl (C=O) groups is 1. The van der Waals surface area contributed by atoms with Crippen LogP contribution in [0.5, 0.6) is 0 Å². The van der Waals surface area contributed by atoms with Crippen LogP contribution >= 0.6 is 12.4 Å². The monoisotopic (exact) mass is 206 g/mol. The summed E-state index contributed by atoms with van der Waals surface area (Å²) in [5.74, 6) is 0.291. The lowest BCUT2D eigenvalue weighted by Crippen LogP contribution is -2.34. The molecule has 78 valence electrons. The predicted molar refractivity (Wildman–Crippen MR) is 56.2 cm³/mol. The predicted octanol–water partition coefficient (Wildman–Crippen LogP) is 0.812. The first-order valence-corrected chi connectivity index (χ1v) is 4.77. The number of hydrogen-bond donors (Lipinski definition) is 1. The van der Waals surface area contributed by atoms with Crippen molar-refractivity contribution in [2.24, 2.45) is 5.73 Å². The minimum absolute atomic E-state index is 0. The Morgan fingerprint density at radius 3 is 2.38 bits per heavy atom. The van der Waals surface area contributed by atoms with E-state index in [2.05, 4.69) is 4.90 Å². The summed E-state index contributed by atoms with van der Waals surface area (Å²) in [5.41, 5.74) is 5.30. The molecule has 0 aromatic rings. The average Bonchev–Trinajstić information content (AvgIpc) is 2.06. The molecule has 1 rings (SSSR count). The highest BCUT2D eigenvalue weighted by atomic mass is 35.5. The Hall–Kier alpha value is -0.120. The summed E-state index contributed by atoms with van der Waals surface area (Å²) in [5, 5.41) is 0. The van der Waals surface area contributed by atoms with E-state index in [0.29, 0.717) is 25.3 Å². The lowest BCUT2D eigenvalue weighted by atomic mass is 10.1. The molecule has 13 heavy (non-hydrogen) atoms. The second-order valence-corrected chi connectivity index (χ2v) is 3.41. The van der Waals surface area contributed by atoms with E-state index < -0.39 is 0 Å². The number of hydrogen-bond acceptors (Lipinski definition) is 3. The zero-order valence-electron chi connectivity index (χ0n) is 8.00. The van der Waals surface area contributed by atoms with Crippen molar-refractivity contribution in [2.45, 2.75) is 25.7 Å². The Morgan fingerprint density at radius 1 is 1.23 bits per heavy atom. The molecule has 1 aliphatic heterocycles. The summed E-state index contributed by atoms with van der Waals surface area (Å²) in [6.07, 6.45) is 4.35. The lowest BCUT2D eigenvalue weighted by Gasteiger charge is -2.25. The van der Waals surface area contributed by atoms with E-state index >= 15 is 0 Å². The highest BCUT2D eigenvalue weighted by molar-refractivity contribution is 5.85. The number of rotatable bonds is 4. The second-order valence-electron chi connectivity index (χ2n) is 3.41. The molecule has 1 fully saturated rings. The van der Waals surface area contributed by atoms with Gasteiger partial charge in [-0.15, -0.1) is 12.4 Å². The lowest BCUT2D eigenvalue weighted by molar-refractivity contribution is -0.120. The molecule has 1 saturated heterocycles. The fourth-order valence-corrected chi connectivity index (χ4v) is 1.61. The summed E-state index contributed by atoms with van der Waals surface area (Å²) >= 11 is 0. The van der Waals surface area contributed by atoms with Crippen molar-refractivity contribution < 1.29 is 4.79 Å². The number of likely N-dealkylation sites (tertiary alicyclic amines) is 1. The smallest absolute Gasteiger partial charge is 0.148 e. The van der Waals surface area contributed by atoms with Gasteiger partial charge in [0.05, 0.1) is 6.54 Å². The van der Waals surface area contributed by atoms with Gasteiger partial charge in [0, 0.05) is 6.42 Å². The molecular formula is C9H19ClN2O. The van der Waals surface area contributed by atoms with Crippen LogP contribution in [0.1, 0.15) is 25.7 Å². The summed E-state index contributed by atoms with van der Waals surface area (Å²) < 4.78 is 0. The SMILES string of the molecule is Cl.NCCC(=O)CN1CCCCC1. The van der Waals surface area contributed by atoms with Crippen LogP contribution in [0.2, 0.25) is 0 Å². The Kier molecular flexibility index (Phi) is 7.23. The number of piperidine rings is 1. The van der Waals surface area contributed by atoms with Crippen LogP contribution in [-0.2, 0) is 4.79 Å². The van der Waals surface area contributed by atoms with Gasteiger partial charge in [-0.3, -0.25) is 9.69 Å². The van der Waals surface area contributed by atoms with Crippen LogP contribution in [-0.4, -0.2) is 36.9 Å². The van der Waals surface area contributed by atoms with E-state index in [1.54, 1.807) is 0 Å². The number of nitrogens with two attached hydrogens (primary N) is 1. The molecule has 4 heteroatoms. The molecule has 0 aromatic heterocycles. The van der Waals surface area contributed by atoms with Crippen molar-refractivity contribution in [1.29, 1.82) is 0 Å². The molecule has 1 aliphatic rings. The molecule has 3 nitrogen and oxygen atoms in total. The first kappa shape index (κ1) is 12.9. The fourth-order valence-electron chi connectivity index (χ4n) is 1.61. The first-order chi connectivity index (χ1) is 5.83. The van der Waals surface area contributed by atoms with Crippen LogP contribution in [0.3, 0.4) is 0 Å². The number of Topliss-reactive ketones (excluding diaryl/α,β-unsaturated/α-hetero) is 1. The van der Waals surface area contributed by atoms with Crippen molar-refractivity contribution >= 4 is 18.2 Å². The van der Waals surface area contributed by atoms with E-state index in [9.17, 15) is 4.79 Å². The van der Waals surface area contributed by atoms with Gasteiger partial charge in [-0.2, -0.15) is 0 Å². The third-order valence-electron chi connectivity index (χ3n) is 2.27. The molecule has 1 heterocycles. The number of halogens is 1. The van der Waals surface area contributed by atoms with Crippen molar-refractivity contribution in [3.63, 3.8) is 0 Å². The van der Waals surface area contributed by atoms with E-state index in [1.165, 1.54) is 19.3 Å². The molecule has 0 bridgehead atoms. The first-order valence-electron chi connectivity index (χ1n) is 4.77. The van der Waals surface area contributed by atoms with Crippen molar-refractivity contribution in [1.82, 2.24) is 4.90 Å². The van der Waals surface area contributed by atoms with Crippen molar-refractivity contribution in [3.05, 3.63) is 0 Å². The Labute approximate surface area is 86.1 Å². The van der Waals surface area contributed by atoms with Gasteiger partial charge in [0.25, 0.3) is 0 Å². The van der Waals surface area contributed by atoms with Gasteiger partial charge in [0.2, 0.25) is 0 Å². The zero-order chi connectivity index (χ0) is 8.81. The van der Waals surface area contributed by atoms with Gasteiger partial charge in [-0.1, -0.05) is 6.42 Å². The van der Waals surface area contributed by atoms with Crippen LogP contribution in [0.15, 0.2) is 0 Å². The fraction of sp³-hybridized carbons (Fsp3) is 0.889. The Morgan fingerprint density at radius 2 is 1.85 bits per heavy atom. The molecule has 0 spiro atoms. The highest BCUT2D eigenvalue weighted by Crippen LogP contribution is 2.07. The zero-order valence-corrected chi connectivity index (χ0v) is 8.81. The van der Waals surface area contributed by atoms with Gasteiger partial charge in [-0.25, -0.2) is 0 Å². The standard InChI is InChI=1S/C9H18N2O.ClH/c10-5-4-9(12)8-11-6-2-1-3-7-11;/h1-8,10H2;1H. The maximum atomic E-state index is 11.2. The molecule has 0 radical (unpaired) electrons. The van der Waals surface area contributed by atoms with Crippen molar-refractivity contribution in [3.8, 4) is 0 Å². The maximum Gasteiger partial charge on any atom is 0.148 e. The van der Waals surface area contributed by atoms with Crippen LogP contribution in [0.4, 0.5) is 0 Å².